The molecule has 2 N–H and O–H groups in total. The third kappa shape index (κ3) is 4.51. The molecule has 8 nitrogen and oxygen atoms in total. The number of anilines is 2. The minimum absolute atomic E-state index is 0.148. The van der Waals surface area contributed by atoms with Crippen LogP contribution in [-0.4, -0.2) is 42.0 Å². The van der Waals surface area contributed by atoms with Gasteiger partial charge in [0.05, 0.1) is 18.8 Å². The van der Waals surface area contributed by atoms with Crippen molar-refractivity contribution in [3.05, 3.63) is 41.2 Å². The van der Waals surface area contributed by atoms with E-state index >= 15 is 0 Å². The maximum atomic E-state index is 12.2. The Morgan fingerprint density at radius 1 is 1.25 bits per heavy atom. The van der Waals surface area contributed by atoms with E-state index in [0.717, 1.165) is 35.6 Å². The van der Waals surface area contributed by atoms with Crippen LogP contribution in [0.4, 0.5) is 16.2 Å². The van der Waals surface area contributed by atoms with Crippen molar-refractivity contribution >= 4 is 23.3 Å². The van der Waals surface area contributed by atoms with Crippen LogP contribution in [0.2, 0.25) is 0 Å². The number of carbonyl (C=O) groups excluding carboxylic acids is 2. The van der Waals surface area contributed by atoms with Gasteiger partial charge < -0.3 is 20.3 Å². The molecule has 1 aromatic carbocycles. The predicted molar refractivity (Wildman–Crippen MR) is 107 cm³/mol. The molecule has 1 aromatic heterocycles. The van der Waals surface area contributed by atoms with E-state index in [1.807, 2.05) is 30.7 Å². The number of aryl methyl sites for hydroxylation is 1. The summed E-state index contributed by atoms with van der Waals surface area (Å²) in [6.45, 7) is 6.35. The maximum absolute atomic E-state index is 12.2. The van der Waals surface area contributed by atoms with E-state index in [-0.39, 0.29) is 11.9 Å². The Balaban J connectivity index is 1.55. The van der Waals surface area contributed by atoms with Gasteiger partial charge in [0.15, 0.2) is 0 Å². The van der Waals surface area contributed by atoms with Gasteiger partial charge in [-0.2, -0.15) is 5.10 Å². The minimum Gasteiger partial charge on any atom is -0.383 e. The highest BCUT2D eigenvalue weighted by atomic mass is 16.5. The first-order valence-corrected chi connectivity index (χ1v) is 9.46. The van der Waals surface area contributed by atoms with E-state index in [2.05, 4.69) is 15.7 Å². The number of hydrogen-bond acceptors (Lipinski definition) is 4. The second kappa shape index (κ2) is 8.88. The Hall–Kier alpha value is -2.87. The average Bonchev–Trinajstić information content (AvgIpc) is 3.22. The number of amides is 3. The number of methoxy groups -OCH3 is 1. The number of ether oxygens (including phenoxy) is 1. The number of aromatic nitrogens is 2. The standard InChI is InChI=1S/C20H27N5O3/c1-14-18(15(2)25(23-14)11-12-28-3)13-21-20(27)22-16-6-8-17(9-7-16)24-10-4-5-19(24)26/h6-9H,4-5,10-13H2,1-3H3,(H2,21,22,27). The quantitative estimate of drug-likeness (QED) is 0.767. The molecule has 0 saturated carbocycles. The van der Waals surface area contributed by atoms with Crippen LogP contribution >= 0.6 is 0 Å². The number of rotatable bonds is 7. The van der Waals surface area contributed by atoms with Crippen molar-refractivity contribution in [3.63, 3.8) is 0 Å². The summed E-state index contributed by atoms with van der Waals surface area (Å²) in [7, 11) is 1.66. The number of nitrogens with one attached hydrogen (secondary N) is 2. The molecule has 1 aliphatic rings. The molecule has 28 heavy (non-hydrogen) atoms. The molecular weight excluding hydrogens is 358 g/mol. The summed E-state index contributed by atoms with van der Waals surface area (Å²) in [5.41, 5.74) is 4.47. The zero-order valence-corrected chi connectivity index (χ0v) is 16.6. The van der Waals surface area contributed by atoms with Crippen LogP contribution in [0.5, 0.6) is 0 Å². The fraction of sp³-hybridized carbons (Fsp3) is 0.450. The number of hydrogen-bond donors (Lipinski definition) is 2. The van der Waals surface area contributed by atoms with Gasteiger partial charge in [-0.05, 0) is 44.5 Å². The van der Waals surface area contributed by atoms with Crippen LogP contribution < -0.4 is 15.5 Å². The van der Waals surface area contributed by atoms with Crippen molar-refractivity contribution in [1.29, 1.82) is 0 Å². The molecule has 2 heterocycles. The fourth-order valence-corrected chi connectivity index (χ4v) is 3.38. The van der Waals surface area contributed by atoms with Crippen molar-refractivity contribution < 1.29 is 14.3 Å². The zero-order valence-electron chi connectivity index (χ0n) is 16.6. The van der Waals surface area contributed by atoms with Gasteiger partial charge in [0.1, 0.15) is 0 Å². The first-order valence-electron chi connectivity index (χ1n) is 9.46. The molecule has 3 rings (SSSR count). The molecule has 0 bridgehead atoms. The second-order valence-electron chi connectivity index (χ2n) is 6.87. The van der Waals surface area contributed by atoms with Gasteiger partial charge in [-0.15, -0.1) is 0 Å². The molecule has 2 aromatic rings. The monoisotopic (exact) mass is 385 g/mol. The lowest BCUT2D eigenvalue weighted by atomic mass is 10.2. The summed E-state index contributed by atoms with van der Waals surface area (Å²) in [6.07, 6.45) is 1.49. The van der Waals surface area contributed by atoms with Crippen LogP contribution in [0.1, 0.15) is 29.8 Å². The van der Waals surface area contributed by atoms with Gasteiger partial charge in [-0.1, -0.05) is 0 Å². The summed E-state index contributed by atoms with van der Waals surface area (Å²) < 4.78 is 6.99. The van der Waals surface area contributed by atoms with Gasteiger partial charge in [0.2, 0.25) is 5.91 Å². The number of carbonyl (C=O) groups is 2. The molecule has 0 spiro atoms. The van der Waals surface area contributed by atoms with Crippen molar-refractivity contribution in [3.8, 4) is 0 Å². The molecule has 1 aliphatic heterocycles. The lowest BCUT2D eigenvalue weighted by Gasteiger charge is -2.16. The van der Waals surface area contributed by atoms with Crippen LogP contribution in [0.25, 0.3) is 0 Å². The molecule has 1 saturated heterocycles. The highest BCUT2D eigenvalue weighted by Gasteiger charge is 2.21. The zero-order chi connectivity index (χ0) is 20.1. The van der Waals surface area contributed by atoms with Crippen molar-refractivity contribution in [2.24, 2.45) is 0 Å². The maximum Gasteiger partial charge on any atom is 0.319 e. The van der Waals surface area contributed by atoms with E-state index < -0.39 is 0 Å². The summed E-state index contributed by atoms with van der Waals surface area (Å²) >= 11 is 0. The van der Waals surface area contributed by atoms with E-state index in [1.54, 1.807) is 24.1 Å². The van der Waals surface area contributed by atoms with Crippen LogP contribution in [0, 0.1) is 13.8 Å². The normalized spacial score (nSPS) is 13.8. The summed E-state index contributed by atoms with van der Waals surface area (Å²) in [5.74, 6) is 0.148. The molecule has 1 fully saturated rings. The van der Waals surface area contributed by atoms with E-state index in [0.29, 0.717) is 31.8 Å². The Labute approximate surface area is 164 Å². The van der Waals surface area contributed by atoms with E-state index in [9.17, 15) is 9.59 Å². The van der Waals surface area contributed by atoms with Crippen molar-refractivity contribution in [2.75, 3.05) is 30.5 Å². The lowest BCUT2D eigenvalue weighted by molar-refractivity contribution is -0.117. The third-order valence-electron chi connectivity index (χ3n) is 4.97. The van der Waals surface area contributed by atoms with E-state index in [1.165, 1.54) is 0 Å². The summed E-state index contributed by atoms with van der Waals surface area (Å²) in [4.78, 5) is 25.8. The molecule has 3 amide bonds. The molecule has 0 radical (unpaired) electrons. The smallest absolute Gasteiger partial charge is 0.319 e. The Kier molecular flexibility index (Phi) is 6.30. The van der Waals surface area contributed by atoms with Crippen molar-refractivity contribution in [1.82, 2.24) is 15.1 Å². The highest BCUT2D eigenvalue weighted by Crippen LogP contribution is 2.23. The number of urea groups is 1. The van der Waals surface area contributed by atoms with Gasteiger partial charge in [-0.3, -0.25) is 9.48 Å². The molecule has 150 valence electrons. The van der Waals surface area contributed by atoms with E-state index in [4.69, 9.17) is 4.74 Å². The summed E-state index contributed by atoms with van der Waals surface area (Å²) in [5, 5.41) is 10.2. The minimum atomic E-state index is -0.284. The molecule has 8 heteroatoms. The largest absolute Gasteiger partial charge is 0.383 e. The molecule has 0 unspecified atom stereocenters. The summed E-state index contributed by atoms with van der Waals surface area (Å²) in [6, 6.07) is 7.04. The Morgan fingerprint density at radius 2 is 2.00 bits per heavy atom. The third-order valence-corrected chi connectivity index (χ3v) is 4.97. The number of nitrogens with zero attached hydrogens (tertiary/aromatic N) is 3. The highest BCUT2D eigenvalue weighted by molar-refractivity contribution is 5.96. The fourth-order valence-electron chi connectivity index (χ4n) is 3.38. The van der Waals surface area contributed by atoms with Gasteiger partial charge in [0.25, 0.3) is 0 Å². The molecule has 0 atom stereocenters. The van der Waals surface area contributed by atoms with Crippen LogP contribution in [0.3, 0.4) is 0 Å². The Morgan fingerprint density at radius 3 is 2.64 bits per heavy atom. The lowest BCUT2D eigenvalue weighted by Crippen LogP contribution is -2.28. The topological polar surface area (TPSA) is 88.5 Å². The van der Waals surface area contributed by atoms with Gasteiger partial charge >= 0.3 is 6.03 Å². The van der Waals surface area contributed by atoms with Crippen LogP contribution in [-0.2, 0) is 22.6 Å². The van der Waals surface area contributed by atoms with Crippen LogP contribution in [0.15, 0.2) is 24.3 Å². The first-order chi connectivity index (χ1) is 13.5. The molecule has 0 aliphatic carbocycles. The van der Waals surface area contributed by atoms with Gasteiger partial charge in [-0.25, -0.2) is 4.79 Å². The molecular formula is C20H27N5O3. The first kappa shape index (κ1) is 19.9. The average molecular weight is 385 g/mol. The SMILES string of the molecule is COCCn1nc(C)c(CNC(=O)Nc2ccc(N3CCCC3=O)cc2)c1C. The number of benzene rings is 1. The second-order valence-corrected chi connectivity index (χ2v) is 6.87. The van der Waals surface area contributed by atoms with Gasteiger partial charge in [0, 0.05) is 49.3 Å². The predicted octanol–water partition coefficient (Wildman–Crippen LogP) is 2.59. The Bertz CT molecular complexity index is 844. The van der Waals surface area contributed by atoms with Crippen molar-refractivity contribution in [2.45, 2.75) is 39.8 Å².